The zero-order valence-electron chi connectivity index (χ0n) is 18.1. The number of nitrogens with two attached hydrogens (primary N) is 1. The van der Waals surface area contributed by atoms with Gasteiger partial charge >= 0.3 is 5.69 Å². The highest BCUT2D eigenvalue weighted by atomic mass is 16.3. The van der Waals surface area contributed by atoms with Crippen molar-refractivity contribution in [3.63, 3.8) is 0 Å². The van der Waals surface area contributed by atoms with E-state index in [9.17, 15) is 19.2 Å². The molecule has 0 saturated heterocycles. The molecule has 0 spiro atoms. The van der Waals surface area contributed by atoms with Crippen LogP contribution < -0.4 is 22.3 Å². The zero-order chi connectivity index (χ0) is 23.4. The van der Waals surface area contributed by atoms with Crippen molar-refractivity contribution in [3.8, 4) is 0 Å². The van der Waals surface area contributed by atoms with Gasteiger partial charge in [0.1, 0.15) is 17.1 Å². The number of benzene rings is 1. The van der Waals surface area contributed by atoms with Crippen molar-refractivity contribution >= 4 is 17.5 Å². The van der Waals surface area contributed by atoms with Crippen LogP contribution in [0.15, 0.2) is 56.7 Å². The molecule has 32 heavy (non-hydrogen) atoms. The number of ketones is 1. The number of anilines is 1. The summed E-state index contributed by atoms with van der Waals surface area (Å²) in [5, 5.41) is 2.57. The van der Waals surface area contributed by atoms with Gasteiger partial charge in [-0.25, -0.2) is 4.79 Å². The van der Waals surface area contributed by atoms with Gasteiger partial charge in [-0.3, -0.25) is 28.4 Å². The molecule has 3 N–H and O–H groups in total. The average Bonchev–Trinajstić information content (AvgIpc) is 3.29. The quantitative estimate of drug-likeness (QED) is 0.489. The molecular formula is C22H25N5O5. The summed E-state index contributed by atoms with van der Waals surface area (Å²) in [6.45, 7) is 0.532. The fourth-order valence-corrected chi connectivity index (χ4v) is 3.36. The molecule has 0 aliphatic heterocycles. The molecule has 3 aromatic rings. The van der Waals surface area contributed by atoms with Gasteiger partial charge in [-0.05, 0) is 29.8 Å². The van der Waals surface area contributed by atoms with Crippen LogP contribution in [0.5, 0.6) is 0 Å². The molecule has 10 nitrogen and oxygen atoms in total. The molecule has 0 radical (unpaired) electrons. The molecule has 0 saturated carbocycles. The monoisotopic (exact) mass is 439 g/mol. The maximum Gasteiger partial charge on any atom is 0.332 e. The minimum Gasteiger partial charge on any atom is -0.468 e. The van der Waals surface area contributed by atoms with Crippen LogP contribution in [0.4, 0.5) is 5.82 Å². The highest BCUT2D eigenvalue weighted by Crippen LogP contribution is 2.14. The second-order valence-electron chi connectivity index (χ2n) is 7.39. The topological polar surface area (TPSA) is 133 Å². The van der Waals surface area contributed by atoms with Gasteiger partial charge in [-0.2, -0.15) is 0 Å². The molecular weight excluding hydrogens is 414 g/mol. The number of Topliss-reactive ketones (excluding diaryl/α,β-unsaturated/α-hetero) is 1. The lowest BCUT2D eigenvalue weighted by atomic mass is 10.1. The fraction of sp³-hybridized carbons (Fsp3) is 0.273. The summed E-state index contributed by atoms with van der Waals surface area (Å²) < 4.78 is 7.35. The van der Waals surface area contributed by atoms with Crippen molar-refractivity contribution in [1.29, 1.82) is 0 Å². The van der Waals surface area contributed by atoms with Crippen LogP contribution in [0.2, 0.25) is 0 Å². The van der Waals surface area contributed by atoms with Gasteiger partial charge < -0.3 is 15.5 Å². The van der Waals surface area contributed by atoms with Crippen LogP contribution in [-0.4, -0.2) is 39.3 Å². The van der Waals surface area contributed by atoms with E-state index in [1.807, 2.05) is 0 Å². The van der Waals surface area contributed by atoms with Crippen molar-refractivity contribution < 1.29 is 14.0 Å². The van der Waals surface area contributed by atoms with E-state index in [4.69, 9.17) is 10.2 Å². The molecule has 0 aliphatic carbocycles. The standard InChI is InChI=1S/C22H25N5O5/c1-24-20(29)15-8-6-14(7-9-15)11-27(12-16-5-4-10-32-16)13-17(28)18-19(23)25(2)22(31)26(3)21(18)30/h4-10H,11-13,23H2,1-3H3,(H,24,29). The number of amides is 1. The Labute approximate surface area is 183 Å². The normalized spacial score (nSPS) is 11.0. The molecule has 0 atom stereocenters. The van der Waals surface area contributed by atoms with E-state index >= 15 is 0 Å². The first-order chi connectivity index (χ1) is 15.2. The first-order valence-corrected chi connectivity index (χ1v) is 9.87. The van der Waals surface area contributed by atoms with Gasteiger partial charge in [0.2, 0.25) is 0 Å². The smallest absolute Gasteiger partial charge is 0.332 e. The summed E-state index contributed by atoms with van der Waals surface area (Å²) in [5.74, 6) is -0.232. The summed E-state index contributed by atoms with van der Waals surface area (Å²) in [7, 11) is 4.26. The third-order valence-corrected chi connectivity index (χ3v) is 5.16. The third kappa shape index (κ3) is 4.70. The van der Waals surface area contributed by atoms with Crippen LogP contribution in [0.1, 0.15) is 32.0 Å². The van der Waals surface area contributed by atoms with Crippen LogP contribution in [0.25, 0.3) is 0 Å². The fourth-order valence-electron chi connectivity index (χ4n) is 3.36. The zero-order valence-corrected chi connectivity index (χ0v) is 18.1. The Morgan fingerprint density at radius 1 is 1.06 bits per heavy atom. The van der Waals surface area contributed by atoms with Gasteiger partial charge in [-0.15, -0.1) is 0 Å². The second-order valence-corrected chi connectivity index (χ2v) is 7.39. The Morgan fingerprint density at radius 2 is 1.75 bits per heavy atom. The molecule has 2 aromatic heterocycles. The summed E-state index contributed by atoms with van der Waals surface area (Å²) in [6, 6.07) is 10.5. The number of carbonyl (C=O) groups is 2. The number of nitrogen functional groups attached to an aromatic ring is 1. The number of carbonyl (C=O) groups excluding carboxylic acids is 2. The highest BCUT2D eigenvalue weighted by Gasteiger charge is 2.23. The molecule has 1 aromatic carbocycles. The molecule has 1 amide bonds. The Kier molecular flexibility index (Phi) is 6.74. The number of hydrogen-bond acceptors (Lipinski definition) is 7. The Balaban J connectivity index is 1.89. The predicted octanol–water partition coefficient (Wildman–Crippen LogP) is 0.504. The number of nitrogens with zero attached hydrogens (tertiary/aromatic N) is 3. The Bertz CT molecular complexity index is 1240. The average molecular weight is 439 g/mol. The summed E-state index contributed by atoms with van der Waals surface area (Å²) >= 11 is 0. The number of hydrogen-bond donors (Lipinski definition) is 2. The Morgan fingerprint density at radius 3 is 2.34 bits per heavy atom. The van der Waals surface area contributed by atoms with Gasteiger partial charge in [-0.1, -0.05) is 12.1 Å². The SMILES string of the molecule is CNC(=O)c1ccc(CN(CC(=O)c2c(N)n(C)c(=O)n(C)c2=O)Cc2ccco2)cc1. The largest absolute Gasteiger partial charge is 0.468 e. The maximum absolute atomic E-state index is 13.1. The van der Waals surface area contributed by atoms with Gasteiger partial charge in [0.05, 0.1) is 19.4 Å². The van der Waals surface area contributed by atoms with Crippen LogP contribution in [-0.2, 0) is 27.2 Å². The van der Waals surface area contributed by atoms with Gasteiger partial charge in [0.15, 0.2) is 5.78 Å². The molecule has 0 fully saturated rings. The molecule has 3 rings (SSSR count). The molecule has 168 valence electrons. The number of nitrogens with one attached hydrogen (secondary N) is 1. The first kappa shape index (κ1) is 22.8. The molecule has 2 heterocycles. The van der Waals surface area contributed by atoms with E-state index in [0.717, 1.165) is 14.7 Å². The van der Waals surface area contributed by atoms with E-state index in [1.165, 1.54) is 20.4 Å². The maximum atomic E-state index is 13.1. The van der Waals surface area contributed by atoms with E-state index in [-0.39, 0.29) is 23.8 Å². The summed E-state index contributed by atoms with van der Waals surface area (Å²) in [4.78, 5) is 51.2. The lowest BCUT2D eigenvalue weighted by molar-refractivity contribution is 0.0911. The molecule has 0 aliphatic rings. The highest BCUT2D eigenvalue weighted by molar-refractivity contribution is 6.01. The van der Waals surface area contributed by atoms with E-state index in [0.29, 0.717) is 24.4 Å². The van der Waals surface area contributed by atoms with Crippen molar-refractivity contribution in [2.24, 2.45) is 14.1 Å². The van der Waals surface area contributed by atoms with Crippen molar-refractivity contribution in [3.05, 3.63) is 86.0 Å². The van der Waals surface area contributed by atoms with E-state index in [1.54, 1.807) is 48.3 Å². The first-order valence-electron chi connectivity index (χ1n) is 9.87. The minimum atomic E-state index is -0.733. The van der Waals surface area contributed by atoms with Gasteiger partial charge in [0, 0.05) is 33.3 Å². The van der Waals surface area contributed by atoms with Gasteiger partial charge in [0.25, 0.3) is 11.5 Å². The van der Waals surface area contributed by atoms with Crippen molar-refractivity contribution in [1.82, 2.24) is 19.4 Å². The lowest BCUT2D eigenvalue weighted by Crippen LogP contribution is -2.43. The van der Waals surface area contributed by atoms with Crippen LogP contribution >= 0.6 is 0 Å². The van der Waals surface area contributed by atoms with E-state index < -0.39 is 17.0 Å². The Hall–Kier alpha value is -3.92. The minimum absolute atomic E-state index is 0.129. The van der Waals surface area contributed by atoms with Crippen molar-refractivity contribution in [2.45, 2.75) is 13.1 Å². The third-order valence-electron chi connectivity index (χ3n) is 5.16. The van der Waals surface area contributed by atoms with Crippen molar-refractivity contribution in [2.75, 3.05) is 19.3 Å². The molecule has 0 bridgehead atoms. The number of aromatic nitrogens is 2. The van der Waals surface area contributed by atoms with Crippen LogP contribution in [0, 0.1) is 0 Å². The predicted molar refractivity (Wildman–Crippen MR) is 118 cm³/mol. The summed E-state index contributed by atoms with van der Waals surface area (Å²) in [6.07, 6.45) is 1.54. The second kappa shape index (κ2) is 9.48. The number of rotatable bonds is 8. The van der Waals surface area contributed by atoms with Crippen LogP contribution in [0.3, 0.4) is 0 Å². The molecule has 0 unspecified atom stereocenters. The summed E-state index contributed by atoms with van der Waals surface area (Å²) in [5.41, 5.74) is 5.75. The van der Waals surface area contributed by atoms with E-state index in [2.05, 4.69) is 5.32 Å². The molecule has 10 heteroatoms. The lowest BCUT2D eigenvalue weighted by Gasteiger charge is -2.21. The number of furan rings is 1.